The molecule has 3 N–H and O–H groups in total. The van der Waals surface area contributed by atoms with Crippen LogP contribution in [0.2, 0.25) is 0 Å². The number of fused-ring (bicyclic) bond motifs is 1. The lowest BCUT2D eigenvalue weighted by atomic mass is 9.90. The van der Waals surface area contributed by atoms with E-state index in [1.54, 1.807) is 0 Å². The Balaban J connectivity index is 1.95. The molecule has 0 saturated carbocycles. The topological polar surface area (TPSA) is 61.4 Å². The second-order valence-electron chi connectivity index (χ2n) is 5.79. The second-order valence-corrected chi connectivity index (χ2v) is 5.79. The van der Waals surface area contributed by atoms with Gasteiger partial charge in [0.2, 0.25) is 5.91 Å². The molecule has 1 aliphatic rings. The zero-order valence-corrected chi connectivity index (χ0v) is 12.8. The first kappa shape index (κ1) is 16.0. The highest BCUT2D eigenvalue weighted by molar-refractivity contribution is 5.84. The Kier molecular flexibility index (Phi) is 6.21. The molecule has 2 atom stereocenters. The van der Waals surface area contributed by atoms with E-state index in [0.717, 1.165) is 31.4 Å². The standard InChI is InChI=1S/C17H26N2O2/c1-2-5-13(8-9-20)10-19-17(21)16-12-18-11-14-6-3-4-7-15(14)16/h3-4,6-7,13,16,18,20H,2,5,8-12H2,1H3,(H,19,21). The third-order valence-corrected chi connectivity index (χ3v) is 4.21. The average molecular weight is 290 g/mol. The molecule has 0 aliphatic carbocycles. The van der Waals surface area contributed by atoms with Crippen LogP contribution >= 0.6 is 0 Å². The number of hydrogen-bond donors (Lipinski definition) is 3. The molecule has 1 heterocycles. The minimum absolute atomic E-state index is 0.0914. The average Bonchev–Trinajstić information content (AvgIpc) is 2.52. The van der Waals surface area contributed by atoms with Crippen LogP contribution in [0.1, 0.15) is 43.2 Å². The van der Waals surface area contributed by atoms with Crippen molar-refractivity contribution in [3.05, 3.63) is 35.4 Å². The number of rotatable bonds is 7. The van der Waals surface area contributed by atoms with Crippen LogP contribution in [-0.4, -0.2) is 30.7 Å². The zero-order valence-electron chi connectivity index (χ0n) is 12.8. The normalized spacial score (nSPS) is 18.9. The maximum Gasteiger partial charge on any atom is 0.228 e. The van der Waals surface area contributed by atoms with Gasteiger partial charge in [0.15, 0.2) is 0 Å². The molecule has 1 aromatic carbocycles. The van der Waals surface area contributed by atoms with Gasteiger partial charge in [0.05, 0.1) is 5.92 Å². The van der Waals surface area contributed by atoms with Crippen LogP contribution in [0.5, 0.6) is 0 Å². The molecule has 1 amide bonds. The van der Waals surface area contributed by atoms with Gasteiger partial charge in [-0.3, -0.25) is 4.79 Å². The molecule has 2 rings (SSSR count). The van der Waals surface area contributed by atoms with Crippen LogP contribution in [0.25, 0.3) is 0 Å². The van der Waals surface area contributed by atoms with Gasteiger partial charge in [-0.15, -0.1) is 0 Å². The summed E-state index contributed by atoms with van der Waals surface area (Å²) >= 11 is 0. The number of nitrogens with one attached hydrogen (secondary N) is 2. The van der Waals surface area contributed by atoms with Crippen LogP contribution < -0.4 is 10.6 Å². The number of amides is 1. The van der Waals surface area contributed by atoms with Gasteiger partial charge < -0.3 is 15.7 Å². The number of carbonyl (C=O) groups excluding carboxylic acids is 1. The van der Waals surface area contributed by atoms with Gasteiger partial charge in [-0.1, -0.05) is 37.6 Å². The molecule has 2 unspecified atom stereocenters. The van der Waals surface area contributed by atoms with Crippen molar-refractivity contribution < 1.29 is 9.90 Å². The number of aliphatic hydroxyl groups is 1. The summed E-state index contributed by atoms with van der Waals surface area (Å²) in [4.78, 5) is 12.5. The fourth-order valence-corrected chi connectivity index (χ4v) is 3.04. The minimum Gasteiger partial charge on any atom is -0.396 e. The molecule has 0 spiro atoms. The molecule has 116 valence electrons. The van der Waals surface area contributed by atoms with Crippen LogP contribution in [0.3, 0.4) is 0 Å². The fourth-order valence-electron chi connectivity index (χ4n) is 3.04. The maximum absolute atomic E-state index is 12.5. The van der Waals surface area contributed by atoms with E-state index in [-0.39, 0.29) is 18.4 Å². The van der Waals surface area contributed by atoms with Gasteiger partial charge in [-0.05, 0) is 29.9 Å². The summed E-state index contributed by atoms with van der Waals surface area (Å²) in [6.45, 7) is 4.51. The molecule has 0 bridgehead atoms. The van der Waals surface area contributed by atoms with Crippen molar-refractivity contribution in [2.45, 2.75) is 38.6 Å². The molecule has 1 aliphatic heterocycles. The highest BCUT2D eigenvalue weighted by atomic mass is 16.3. The van der Waals surface area contributed by atoms with Gasteiger partial charge >= 0.3 is 0 Å². The molecule has 0 radical (unpaired) electrons. The second kappa shape index (κ2) is 8.15. The zero-order chi connectivity index (χ0) is 15.1. The van der Waals surface area contributed by atoms with Crippen molar-refractivity contribution in [2.24, 2.45) is 5.92 Å². The highest BCUT2D eigenvalue weighted by Gasteiger charge is 2.26. The van der Waals surface area contributed by atoms with Crippen molar-refractivity contribution in [1.82, 2.24) is 10.6 Å². The molecule has 0 saturated heterocycles. The molecule has 0 fully saturated rings. The number of benzene rings is 1. The van der Waals surface area contributed by atoms with E-state index in [1.165, 1.54) is 5.56 Å². The molecular formula is C17H26N2O2. The summed E-state index contributed by atoms with van der Waals surface area (Å²) in [5.41, 5.74) is 2.35. The van der Waals surface area contributed by atoms with Gasteiger partial charge in [0, 0.05) is 26.2 Å². The molecule has 4 heteroatoms. The van der Waals surface area contributed by atoms with Crippen LogP contribution in [0, 0.1) is 5.92 Å². The maximum atomic E-state index is 12.5. The number of hydrogen-bond acceptors (Lipinski definition) is 3. The summed E-state index contributed by atoms with van der Waals surface area (Å²) in [5, 5.41) is 15.5. The number of carbonyl (C=O) groups is 1. The summed E-state index contributed by atoms with van der Waals surface area (Å²) in [6, 6.07) is 8.14. The first-order valence-electron chi connectivity index (χ1n) is 7.93. The molecule has 4 nitrogen and oxygen atoms in total. The first-order valence-corrected chi connectivity index (χ1v) is 7.93. The Morgan fingerprint density at radius 1 is 1.43 bits per heavy atom. The van der Waals surface area contributed by atoms with E-state index in [0.29, 0.717) is 19.0 Å². The SMILES string of the molecule is CCCC(CCO)CNC(=O)C1CNCc2ccccc21. The fraction of sp³-hybridized carbons (Fsp3) is 0.588. The monoisotopic (exact) mass is 290 g/mol. The summed E-state index contributed by atoms with van der Waals surface area (Å²) in [6.07, 6.45) is 2.88. The van der Waals surface area contributed by atoms with Gasteiger partial charge in [0.1, 0.15) is 0 Å². The van der Waals surface area contributed by atoms with E-state index >= 15 is 0 Å². The Morgan fingerprint density at radius 3 is 3.00 bits per heavy atom. The highest BCUT2D eigenvalue weighted by Crippen LogP contribution is 2.24. The van der Waals surface area contributed by atoms with Crippen LogP contribution in [0.4, 0.5) is 0 Å². The minimum atomic E-state index is -0.105. The van der Waals surface area contributed by atoms with Crippen molar-refractivity contribution in [3.63, 3.8) is 0 Å². The lowest BCUT2D eigenvalue weighted by Gasteiger charge is -2.26. The molecule has 1 aromatic rings. The van der Waals surface area contributed by atoms with Gasteiger partial charge in [0.25, 0.3) is 0 Å². The van der Waals surface area contributed by atoms with Gasteiger partial charge in [-0.25, -0.2) is 0 Å². The third-order valence-electron chi connectivity index (χ3n) is 4.21. The Bertz CT molecular complexity index is 456. The smallest absolute Gasteiger partial charge is 0.228 e. The predicted molar refractivity (Wildman–Crippen MR) is 84.0 cm³/mol. The molecule has 0 aromatic heterocycles. The number of aliphatic hydroxyl groups excluding tert-OH is 1. The Labute approximate surface area is 126 Å². The van der Waals surface area contributed by atoms with Crippen molar-refractivity contribution >= 4 is 5.91 Å². The van der Waals surface area contributed by atoms with Gasteiger partial charge in [-0.2, -0.15) is 0 Å². The van der Waals surface area contributed by atoms with Crippen molar-refractivity contribution in [1.29, 1.82) is 0 Å². The van der Waals surface area contributed by atoms with E-state index in [1.807, 2.05) is 12.1 Å². The van der Waals surface area contributed by atoms with Crippen LogP contribution in [-0.2, 0) is 11.3 Å². The molecular weight excluding hydrogens is 264 g/mol. The lowest BCUT2D eigenvalue weighted by Crippen LogP contribution is -2.40. The summed E-state index contributed by atoms with van der Waals surface area (Å²) < 4.78 is 0. The van der Waals surface area contributed by atoms with Crippen molar-refractivity contribution in [2.75, 3.05) is 19.7 Å². The van der Waals surface area contributed by atoms with E-state index < -0.39 is 0 Å². The predicted octanol–water partition coefficient (Wildman–Crippen LogP) is 1.79. The largest absolute Gasteiger partial charge is 0.396 e. The van der Waals surface area contributed by atoms with E-state index in [2.05, 4.69) is 29.7 Å². The van der Waals surface area contributed by atoms with E-state index in [9.17, 15) is 4.79 Å². The first-order chi connectivity index (χ1) is 10.3. The summed E-state index contributed by atoms with van der Waals surface area (Å²) in [5.74, 6) is 0.357. The van der Waals surface area contributed by atoms with Crippen LogP contribution in [0.15, 0.2) is 24.3 Å². The molecule has 21 heavy (non-hydrogen) atoms. The quantitative estimate of drug-likeness (QED) is 0.717. The van der Waals surface area contributed by atoms with Crippen molar-refractivity contribution in [3.8, 4) is 0 Å². The Morgan fingerprint density at radius 2 is 2.24 bits per heavy atom. The third kappa shape index (κ3) is 4.29. The van der Waals surface area contributed by atoms with E-state index in [4.69, 9.17) is 5.11 Å². The summed E-state index contributed by atoms with van der Waals surface area (Å²) in [7, 11) is 0. The Hall–Kier alpha value is -1.39. The lowest BCUT2D eigenvalue weighted by molar-refractivity contribution is -0.122.